The zero-order valence-electron chi connectivity index (χ0n) is 14.0. The Hall–Kier alpha value is -0.900. The summed E-state index contributed by atoms with van der Waals surface area (Å²) in [5, 5.41) is 9.42. The molecule has 0 aromatic heterocycles. The van der Waals surface area contributed by atoms with Crippen LogP contribution in [0.2, 0.25) is 0 Å². The molecule has 0 bridgehead atoms. The fourth-order valence-electron chi connectivity index (χ4n) is 4.17. The number of benzene rings is 1. The van der Waals surface area contributed by atoms with Crippen LogP contribution in [0.15, 0.2) is 24.3 Å². The summed E-state index contributed by atoms with van der Waals surface area (Å²) in [7, 11) is 0. The van der Waals surface area contributed by atoms with E-state index in [-0.39, 0.29) is 0 Å². The molecule has 0 radical (unpaired) electrons. The lowest BCUT2D eigenvalue weighted by Crippen LogP contribution is -2.57. The Morgan fingerprint density at radius 2 is 1.82 bits per heavy atom. The number of fused-ring (bicyclic) bond motifs is 1. The normalized spacial score (nSPS) is 24.1. The van der Waals surface area contributed by atoms with Gasteiger partial charge in [-0.2, -0.15) is 0 Å². The molecular formula is C19H30N2O. The summed E-state index contributed by atoms with van der Waals surface area (Å²) in [5.74, 6) is 0.698. The van der Waals surface area contributed by atoms with Crippen LogP contribution in [0.4, 0.5) is 0 Å². The fourth-order valence-corrected chi connectivity index (χ4v) is 4.17. The number of aliphatic hydroxyl groups excluding tert-OH is 1. The van der Waals surface area contributed by atoms with E-state index < -0.39 is 0 Å². The molecule has 0 amide bonds. The van der Waals surface area contributed by atoms with Crippen LogP contribution in [0.5, 0.6) is 0 Å². The average Bonchev–Trinajstić information content (AvgIpc) is 2.92. The molecule has 1 aliphatic carbocycles. The first-order chi connectivity index (χ1) is 10.7. The predicted octanol–water partition coefficient (Wildman–Crippen LogP) is 2.18. The Morgan fingerprint density at radius 3 is 2.41 bits per heavy atom. The predicted molar refractivity (Wildman–Crippen MR) is 91.1 cm³/mol. The molecule has 1 atom stereocenters. The van der Waals surface area contributed by atoms with Crippen LogP contribution < -0.4 is 0 Å². The molecule has 1 heterocycles. The maximum Gasteiger partial charge on any atom is 0.0446 e. The molecule has 1 aromatic carbocycles. The van der Waals surface area contributed by atoms with Crippen molar-refractivity contribution in [3.8, 4) is 0 Å². The van der Waals surface area contributed by atoms with Crippen LogP contribution in [0.25, 0.3) is 0 Å². The third-order valence-corrected chi connectivity index (χ3v) is 5.24. The number of piperazine rings is 1. The van der Waals surface area contributed by atoms with Crippen molar-refractivity contribution < 1.29 is 5.11 Å². The lowest BCUT2D eigenvalue weighted by molar-refractivity contribution is 0.0317. The van der Waals surface area contributed by atoms with Gasteiger partial charge < -0.3 is 5.11 Å². The van der Waals surface area contributed by atoms with Gasteiger partial charge in [0.25, 0.3) is 0 Å². The van der Waals surface area contributed by atoms with E-state index in [1.54, 1.807) is 0 Å². The van der Waals surface area contributed by atoms with Crippen LogP contribution in [0, 0.1) is 5.92 Å². The zero-order valence-corrected chi connectivity index (χ0v) is 14.0. The number of aliphatic hydroxyl groups is 1. The van der Waals surface area contributed by atoms with Crippen molar-refractivity contribution in [2.45, 2.75) is 45.2 Å². The van der Waals surface area contributed by atoms with E-state index >= 15 is 0 Å². The zero-order chi connectivity index (χ0) is 15.5. The van der Waals surface area contributed by atoms with Crippen LogP contribution in [0.1, 0.15) is 31.4 Å². The average molecular weight is 302 g/mol. The molecule has 1 unspecified atom stereocenters. The van der Waals surface area contributed by atoms with Crippen LogP contribution in [-0.2, 0) is 12.8 Å². The second-order valence-electron chi connectivity index (χ2n) is 7.38. The van der Waals surface area contributed by atoms with Crippen molar-refractivity contribution in [1.29, 1.82) is 0 Å². The van der Waals surface area contributed by atoms with Gasteiger partial charge in [-0.1, -0.05) is 38.1 Å². The highest BCUT2D eigenvalue weighted by Crippen LogP contribution is 2.27. The molecule has 0 saturated carbocycles. The summed E-state index contributed by atoms with van der Waals surface area (Å²) in [6.07, 6.45) is 3.31. The van der Waals surface area contributed by atoms with Crippen molar-refractivity contribution in [3.63, 3.8) is 0 Å². The standard InChI is InChI=1S/C19H30N2O/c1-15(2)13-20-8-9-21(14-18(20)7-10-22)19-11-16-5-3-4-6-17(16)12-19/h3-6,15,18-19,22H,7-14H2,1-2H3. The van der Waals surface area contributed by atoms with Gasteiger partial charge in [-0.3, -0.25) is 9.80 Å². The second kappa shape index (κ2) is 7.12. The summed E-state index contributed by atoms with van der Waals surface area (Å²) >= 11 is 0. The molecule has 0 spiro atoms. The summed E-state index contributed by atoms with van der Waals surface area (Å²) < 4.78 is 0. The Balaban J connectivity index is 1.63. The van der Waals surface area contributed by atoms with Gasteiger partial charge in [0.05, 0.1) is 0 Å². The fraction of sp³-hybridized carbons (Fsp3) is 0.684. The molecule has 3 rings (SSSR count). The third kappa shape index (κ3) is 3.53. The Labute approximate surface area is 134 Å². The molecule has 1 N–H and O–H groups in total. The minimum Gasteiger partial charge on any atom is -0.396 e. The van der Waals surface area contributed by atoms with Gasteiger partial charge in [0.15, 0.2) is 0 Å². The van der Waals surface area contributed by atoms with Crippen molar-refractivity contribution >= 4 is 0 Å². The highest BCUT2D eigenvalue weighted by molar-refractivity contribution is 5.33. The van der Waals surface area contributed by atoms with E-state index in [0.29, 0.717) is 24.6 Å². The Kier molecular flexibility index (Phi) is 5.17. The van der Waals surface area contributed by atoms with Crippen LogP contribution in [-0.4, -0.2) is 59.8 Å². The van der Waals surface area contributed by atoms with Crippen molar-refractivity contribution in [2.24, 2.45) is 5.92 Å². The van der Waals surface area contributed by atoms with Gasteiger partial charge >= 0.3 is 0 Å². The molecule has 1 aromatic rings. The van der Waals surface area contributed by atoms with E-state index in [2.05, 4.69) is 47.9 Å². The molecule has 2 aliphatic rings. The molecule has 1 saturated heterocycles. The van der Waals surface area contributed by atoms with E-state index in [1.165, 1.54) is 30.5 Å². The summed E-state index contributed by atoms with van der Waals surface area (Å²) in [4.78, 5) is 5.27. The highest BCUT2D eigenvalue weighted by Gasteiger charge is 2.33. The summed E-state index contributed by atoms with van der Waals surface area (Å²) in [6.45, 7) is 9.47. The molecule has 1 fully saturated rings. The molecular weight excluding hydrogens is 272 g/mol. The maximum absolute atomic E-state index is 9.42. The number of rotatable bonds is 5. The molecule has 3 nitrogen and oxygen atoms in total. The van der Waals surface area contributed by atoms with E-state index in [4.69, 9.17) is 0 Å². The second-order valence-corrected chi connectivity index (χ2v) is 7.38. The first-order valence-corrected chi connectivity index (χ1v) is 8.83. The lowest BCUT2D eigenvalue weighted by atomic mass is 10.0. The third-order valence-electron chi connectivity index (χ3n) is 5.24. The van der Waals surface area contributed by atoms with E-state index in [1.807, 2.05) is 0 Å². The molecule has 22 heavy (non-hydrogen) atoms. The lowest BCUT2D eigenvalue weighted by Gasteiger charge is -2.44. The van der Waals surface area contributed by atoms with Crippen molar-refractivity contribution in [3.05, 3.63) is 35.4 Å². The van der Waals surface area contributed by atoms with Gasteiger partial charge in [0.1, 0.15) is 0 Å². The first kappa shape index (κ1) is 16.0. The van der Waals surface area contributed by atoms with Gasteiger partial charge in [-0.15, -0.1) is 0 Å². The van der Waals surface area contributed by atoms with E-state index in [9.17, 15) is 5.11 Å². The van der Waals surface area contributed by atoms with Gasteiger partial charge in [0, 0.05) is 44.9 Å². The summed E-state index contributed by atoms with van der Waals surface area (Å²) in [6, 6.07) is 10.1. The molecule has 3 heteroatoms. The minimum absolute atomic E-state index is 0.304. The number of hydrogen-bond donors (Lipinski definition) is 1. The largest absolute Gasteiger partial charge is 0.396 e. The van der Waals surface area contributed by atoms with Crippen LogP contribution >= 0.6 is 0 Å². The van der Waals surface area contributed by atoms with Gasteiger partial charge in [-0.05, 0) is 36.3 Å². The monoisotopic (exact) mass is 302 g/mol. The SMILES string of the molecule is CC(C)CN1CCN(C2Cc3ccccc3C2)CC1CCO. The van der Waals surface area contributed by atoms with Crippen LogP contribution in [0.3, 0.4) is 0 Å². The highest BCUT2D eigenvalue weighted by atomic mass is 16.3. The quantitative estimate of drug-likeness (QED) is 0.903. The van der Waals surface area contributed by atoms with E-state index in [0.717, 1.165) is 26.1 Å². The topological polar surface area (TPSA) is 26.7 Å². The molecule has 122 valence electrons. The smallest absolute Gasteiger partial charge is 0.0446 e. The Morgan fingerprint density at radius 1 is 1.14 bits per heavy atom. The van der Waals surface area contributed by atoms with Crippen molar-refractivity contribution in [2.75, 3.05) is 32.8 Å². The van der Waals surface area contributed by atoms with Gasteiger partial charge in [-0.25, -0.2) is 0 Å². The van der Waals surface area contributed by atoms with Crippen molar-refractivity contribution in [1.82, 2.24) is 9.80 Å². The maximum atomic E-state index is 9.42. The Bertz CT molecular complexity index is 463. The number of nitrogens with zero attached hydrogens (tertiary/aromatic N) is 2. The van der Waals surface area contributed by atoms with Gasteiger partial charge in [0.2, 0.25) is 0 Å². The minimum atomic E-state index is 0.304. The first-order valence-electron chi connectivity index (χ1n) is 8.83. The summed E-state index contributed by atoms with van der Waals surface area (Å²) in [5.41, 5.74) is 3.08. The number of hydrogen-bond acceptors (Lipinski definition) is 3. The molecule has 1 aliphatic heterocycles.